The van der Waals surface area contributed by atoms with Crippen molar-refractivity contribution < 1.29 is 4.79 Å². The molecule has 0 spiro atoms. The van der Waals surface area contributed by atoms with Crippen LogP contribution in [0.5, 0.6) is 0 Å². The molecule has 0 radical (unpaired) electrons. The van der Waals surface area contributed by atoms with Gasteiger partial charge in [-0.2, -0.15) is 0 Å². The molecule has 1 aromatic rings. The van der Waals surface area contributed by atoms with Gasteiger partial charge in [0, 0.05) is 34.5 Å². The van der Waals surface area contributed by atoms with E-state index in [1.165, 1.54) is 0 Å². The van der Waals surface area contributed by atoms with E-state index in [0.29, 0.717) is 22.6 Å². The summed E-state index contributed by atoms with van der Waals surface area (Å²) in [5.41, 5.74) is 0.903. The number of rotatable bonds is 4. The molecule has 1 amide bonds. The fraction of sp³-hybridized carbons (Fsp3) is 0.562. The first kappa shape index (κ1) is 19.6. The van der Waals surface area contributed by atoms with Crippen LogP contribution in [0, 0.1) is 5.92 Å². The molecule has 1 unspecified atom stereocenters. The molecule has 2 rings (SSSR count). The van der Waals surface area contributed by atoms with E-state index in [-0.39, 0.29) is 30.2 Å². The number of halogens is 3. The summed E-state index contributed by atoms with van der Waals surface area (Å²) in [7, 11) is 0. The first-order valence-corrected chi connectivity index (χ1v) is 8.19. The minimum atomic E-state index is 0. The summed E-state index contributed by atoms with van der Waals surface area (Å²) in [5, 5.41) is 7.70. The Labute approximate surface area is 148 Å². The van der Waals surface area contributed by atoms with Crippen molar-refractivity contribution in [2.45, 2.75) is 38.6 Å². The minimum absolute atomic E-state index is 0. The fourth-order valence-electron chi connectivity index (χ4n) is 2.85. The number of benzene rings is 1. The maximum Gasteiger partial charge on any atom is 0.223 e. The van der Waals surface area contributed by atoms with Crippen LogP contribution in [0.4, 0.5) is 0 Å². The van der Waals surface area contributed by atoms with Gasteiger partial charge in [-0.05, 0) is 44.0 Å². The van der Waals surface area contributed by atoms with Gasteiger partial charge in [0.1, 0.15) is 0 Å². The lowest BCUT2D eigenvalue weighted by Gasteiger charge is -2.27. The maximum atomic E-state index is 12.2. The average Bonchev–Trinajstić information content (AvgIpc) is 2.44. The number of amides is 1. The third-order valence-corrected chi connectivity index (χ3v) is 4.73. The van der Waals surface area contributed by atoms with Crippen LogP contribution in [0.15, 0.2) is 18.2 Å². The smallest absolute Gasteiger partial charge is 0.223 e. The first-order chi connectivity index (χ1) is 9.99. The summed E-state index contributed by atoms with van der Waals surface area (Å²) in [5.74, 6) is 0.336. The zero-order valence-electron chi connectivity index (χ0n) is 12.9. The lowest BCUT2D eigenvalue weighted by Crippen LogP contribution is -2.43. The van der Waals surface area contributed by atoms with E-state index in [0.717, 1.165) is 24.9 Å². The highest BCUT2D eigenvalue weighted by Gasteiger charge is 2.25. The molecular weight excluding hydrogens is 343 g/mol. The molecule has 1 aliphatic heterocycles. The molecule has 1 fully saturated rings. The highest BCUT2D eigenvalue weighted by molar-refractivity contribution is 6.36. The van der Waals surface area contributed by atoms with E-state index in [1.54, 1.807) is 0 Å². The molecule has 0 bridgehead atoms. The van der Waals surface area contributed by atoms with Crippen molar-refractivity contribution in [3.05, 3.63) is 33.8 Å². The Morgan fingerprint density at radius 2 is 2.05 bits per heavy atom. The van der Waals surface area contributed by atoms with Crippen molar-refractivity contribution in [3.63, 3.8) is 0 Å². The Morgan fingerprint density at radius 3 is 2.64 bits per heavy atom. The molecule has 1 aromatic carbocycles. The molecule has 3 nitrogen and oxygen atoms in total. The van der Waals surface area contributed by atoms with Crippen LogP contribution in [0.2, 0.25) is 10.0 Å². The monoisotopic (exact) mass is 364 g/mol. The molecular formula is C16H23Cl3N2O. The SMILES string of the molecule is CC(CNC(=O)[C@H]1CCN[C@@H](C)C1)c1c(Cl)cccc1Cl.Cl. The molecule has 3 atom stereocenters. The normalized spacial score (nSPS) is 22.5. The number of hydrogen-bond acceptors (Lipinski definition) is 2. The molecule has 1 saturated heterocycles. The number of carbonyl (C=O) groups is 1. The van der Waals surface area contributed by atoms with Crippen LogP contribution in [-0.4, -0.2) is 25.0 Å². The van der Waals surface area contributed by atoms with Gasteiger partial charge in [0.25, 0.3) is 0 Å². The molecule has 22 heavy (non-hydrogen) atoms. The number of piperidine rings is 1. The van der Waals surface area contributed by atoms with Crippen LogP contribution >= 0.6 is 35.6 Å². The Bertz CT molecular complexity index is 490. The highest BCUT2D eigenvalue weighted by atomic mass is 35.5. The van der Waals surface area contributed by atoms with Crippen molar-refractivity contribution in [3.8, 4) is 0 Å². The lowest BCUT2D eigenvalue weighted by atomic mass is 9.92. The summed E-state index contributed by atoms with van der Waals surface area (Å²) < 4.78 is 0. The fourth-order valence-corrected chi connectivity index (χ4v) is 3.62. The summed E-state index contributed by atoms with van der Waals surface area (Å²) in [6.07, 6.45) is 1.80. The van der Waals surface area contributed by atoms with Gasteiger partial charge in [0.05, 0.1) is 0 Å². The van der Waals surface area contributed by atoms with Gasteiger partial charge in [0.15, 0.2) is 0 Å². The molecule has 2 N–H and O–H groups in total. The standard InChI is InChI=1S/C16H22Cl2N2O.ClH/c1-10(15-13(17)4-3-5-14(15)18)9-20-16(21)12-6-7-19-11(2)8-12;/h3-5,10-12,19H,6-9H2,1-2H3,(H,20,21);1H/t10?,11-,12-;/m0./s1. The van der Waals surface area contributed by atoms with Crippen molar-refractivity contribution in [2.24, 2.45) is 5.92 Å². The van der Waals surface area contributed by atoms with Gasteiger partial charge >= 0.3 is 0 Å². The van der Waals surface area contributed by atoms with Crippen molar-refractivity contribution in [2.75, 3.05) is 13.1 Å². The summed E-state index contributed by atoms with van der Waals surface area (Å²) in [6, 6.07) is 5.89. The Kier molecular flexibility index (Phi) is 7.98. The highest BCUT2D eigenvalue weighted by Crippen LogP contribution is 2.31. The lowest BCUT2D eigenvalue weighted by molar-refractivity contribution is -0.126. The van der Waals surface area contributed by atoms with E-state index in [2.05, 4.69) is 17.6 Å². The maximum absolute atomic E-state index is 12.2. The van der Waals surface area contributed by atoms with Gasteiger partial charge in [-0.1, -0.05) is 36.2 Å². The Morgan fingerprint density at radius 1 is 1.41 bits per heavy atom. The largest absolute Gasteiger partial charge is 0.355 e. The Hall–Kier alpha value is -0.480. The second kappa shape index (κ2) is 8.97. The van der Waals surface area contributed by atoms with E-state index in [9.17, 15) is 4.79 Å². The topological polar surface area (TPSA) is 41.1 Å². The van der Waals surface area contributed by atoms with Crippen LogP contribution in [0.25, 0.3) is 0 Å². The van der Waals surface area contributed by atoms with E-state index >= 15 is 0 Å². The van der Waals surface area contributed by atoms with Crippen molar-refractivity contribution >= 4 is 41.5 Å². The minimum Gasteiger partial charge on any atom is -0.355 e. The molecule has 0 aliphatic carbocycles. The third-order valence-electron chi connectivity index (χ3n) is 4.07. The predicted molar refractivity (Wildman–Crippen MR) is 95.3 cm³/mol. The zero-order chi connectivity index (χ0) is 15.4. The third kappa shape index (κ3) is 5.02. The quantitative estimate of drug-likeness (QED) is 0.846. The molecule has 1 aliphatic rings. The van der Waals surface area contributed by atoms with E-state index in [4.69, 9.17) is 23.2 Å². The van der Waals surface area contributed by atoms with Gasteiger partial charge in [0.2, 0.25) is 5.91 Å². The molecule has 1 heterocycles. The summed E-state index contributed by atoms with van der Waals surface area (Å²) in [4.78, 5) is 12.2. The van der Waals surface area contributed by atoms with Crippen LogP contribution in [0.1, 0.15) is 38.2 Å². The zero-order valence-corrected chi connectivity index (χ0v) is 15.2. The van der Waals surface area contributed by atoms with Gasteiger partial charge in [-0.3, -0.25) is 4.79 Å². The number of nitrogens with one attached hydrogen (secondary N) is 2. The van der Waals surface area contributed by atoms with Crippen molar-refractivity contribution in [1.82, 2.24) is 10.6 Å². The summed E-state index contributed by atoms with van der Waals surface area (Å²) in [6.45, 7) is 5.61. The second-order valence-electron chi connectivity index (χ2n) is 5.86. The van der Waals surface area contributed by atoms with Gasteiger partial charge < -0.3 is 10.6 Å². The van der Waals surface area contributed by atoms with Crippen LogP contribution in [-0.2, 0) is 4.79 Å². The van der Waals surface area contributed by atoms with Crippen LogP contribution in [0.3, 0.4) is 0 Å². The Balaban J connectivity index is 0.00000242. The van der Waals surface area contributed by atoms with Gasteiger partial charge in [-0.25, -0.2) is 0 Å². The summed E-state index contributed by atoms with van der Waals surface area (Å²) >= 11 is 12.4. The van der Waals surface area contributed by atoms with Crippen molar-refractivity contribution in [1.29, 1.82) is 0 Å². The molecule has 0 saturated carbocycles. The number of hydrogen-bond donors (Lipinski definition) is 2. The predicted octanol–water partition coefficient (Wildman–Crippen LogP) is 4.02. The van der Waals surface area contributed by atoms with Crippen LogP contribution < -0.4 is 10.6 Å². The second-order valence-corrected chi connectivity index (χ2v) is 6.67. The average molecular weight is 366 g/mol. The molecule has 0 aromatic heterocycles. The van der Waals surface area contributed by atoms with E-state index < -0.39 is 0 Å². The van der Waals surface area contributed by atoms with Gasteiger partial charge in [-0.15, -0.1) is 12.4 Å². The molecule has 6 heteroatoms. The molecule has 124 valence electrons. The number of carbonyl (C=O) groups excluding carboxylic acids is 1. The first-order valence-electron chi connectivity index (χ1n) is 7.44. The van der Waals surface area contributed by atoms with E-state index in [1.807, 2.05) is 25.1 Å².